The molecule has 3 rings (SSSR count). The van der Waals surface area contributed by atoms with Crippen molar-refractivity contribution in [3.63, 3.8) is 0 Å². The van der Waals surface area contributed by atoms with E-state index in [1.54, 1.807) is 13.0 Å². The molecule has 0 aliphatic rings. The van der Waals surface area contributed by atoms with E-state index >= 15 is 0 Å². The van der Waals surface area contributed by atoms with Crippen LogP contribution in [0.25, 0.3) is 10.8 Å². The van der Waals surface area contributed by atoms with Crippen LogP contribution in [0.15, 0.2) is 54.6 Å². The predicted octanol–water partition coefficient (Wildman–Crippen LogP) is 4.51. The van der Waals surface area contributed by atoms with Gasteiger partial charge in [0, 0.05) is 11.6 Å². The first kappa shape index (κ1) is 13.7. The van der Waals surface area contributed by atoms with Crippen LogP contribution in [0, 0.1) is 18.6 Å². The fraction of sp³-hybridized carbons (Fsp3) is 0.111. The smallest absolute Gasteiger partial charge is 0.132 e. The molecule has 3 aromatic carbocycles. The zero-order valence-corrected chi connectivity index (χ0v) is 11.5. The summed E-state index contributed by atoms with van der Waals surface area (Å²) in [4.78, 5) is 0. The molecule has 1 unspecified atom stereocenters. The maximum absolute atomic E-state index is 14.0. The van der Waals surface area contributed by atoms with Crippen LogP contribution in [-0.2, 0) is 0 Å². The van der Waals surface area contributed by atoms with Crippen LogP contribution < -0.4 is 0 Å². The normalized spacial score (nSPS) is 12.6. The first-order valence-corrected chi connectivity index (χ1v) is 6.69. The lowest BCUT2D eigenvalue weighted by atomic mass is 9.94. The Labute approximate surface area is 121 Å². The van der Waals surface area contributed by atoms with Crippen molar-refractivity contribution in [1.29, 1.82) is 0 Å². The van der Waals surface area contributed by atoms with Gasteiger partial charge < -0.3 is 5.11 Å². The average Bonchev–Trinajstić information content (AvgIpc) is 2.49. The SMILES string of the molecule is Cc1cc(C(O)c2cccc3ccccc23)c(F)cc1F. The summed E-state index contributed by atoms with van der Waals surface area (Å²) in [5.41, 5.74) is 1.01. The Hall–Kier alpha value is -2.26. The van der Waals surface area contributed by atoms with E-state index < -0.39 is 17.7 Å². The van der Waals surface area contributed by atoms with Crippen molar-refractivity contribution in [1.82, 2.24) is 0 Å². The molecule has 3 heteroatoms. The van der Waals surface area contributed by atoms with Crippen LogP contribution in [0.2, 0.25) is 0 Å². The minimum absolute atomic E-state index is 0.0882. The number of aliphatic hydroxyl groups is 1. The van der Waals surface area contributed by atoms with Gasteiger partial charge in [-0.25, -0.2) is 8.78 Å². The Morgan fingerprint density at radius 3 is 2.38 bits per heavy atom. The summed E-state index contributed by atoms with van der Waals surface area (Å²) in [5, 5.41) is 12.3. The zero-order chi connectivity index (χ0) is 15.0. The molecule has 0 bridgehead atoms. The Balaban J connectivity index is 2.17. The number of halogens is 2. The standard InChI is InChI=1S/C18H14F2O/c1-11-9-15(17(20)10-16(11)19)18(21)14-8-4-6-12-5-2-3-7-13(12)14/h2-10,18,21H,1H3. The van der Waals surface area contributed by atoms with Crippen molar-refractivity contribution in [2.45, 2.75) is 13.0 Å². The van der Waals surface area contributed by atoms with E-state index in [9.17, 15) is 13.9 Å². The maximum atomic E-state index is 14.0. The highest BCUT2D eigenvalue weighted by atomic mass is 19.1. The summed E-state index contributed by atoms with van der Waals surface area (Å²) in [6.07, 6.45) is -1.13. The quantitative estimate of drug-likeness (QED) is 0.734. The lowest BCUT2D eigenvalue weighted by Crippen LogP contribution is -2.05. The van der Waals surface area contributed by atoms with Crippen molar-refractivity contribution in [2.24, 2.45) is 0 Å². The van der Waals surface area contributed by atoms with Gasteiger partial charge in [0.25, 0.3) is 0 Å². The van der Waals surface area contributed by atoms with Crippen molar-refractivity contribution in [3.05, 3.63) is 82.9 Å². The molecule has 0 aliphatic carbocycles. The number of hydrogen-bond donors (Lipinski definition) is 1. The predicted molar refractivity (Wildman–Crippen MR) is 79.1 cm³/mol. The van der Waals surface area contributed by atoms with Crippen LogP contribution >= 0.6 is 0 Å². The number of benzene rings is 3. The monoisotopic (exact) mass is 284 g/mol. The summed E-state index contributed by atoms with van der Waals surface area (Å²) in [6.45, 7) is 1.55. The largest absolute Gasteiger partial charge is 0.384 e. The van der Waals surface area contributed by atoms with Crippen molar-refractivity contribution in [2.75, 3.05) is 0 Å². The summed E-state index contributed by atoms with van der Waals surface area (Å²) in [6, 6.07) is 15.3. The summed E-state index contributed by atoms with van der Waals surface area (Å²) in [5.74, 6) is -1.35. The minimum atomic E-state index is -1.13. The van der Waals surface area contributed by atoms with Gasteiger partial charge in [-0.2, -0.15) is 0 Å². The molecule has 1 atom stereocenters. The molecule has 0 radical (unpaired) electrons. The fourth-order valence-electron chi connectivity index (χ4n) is 2.55. The van der Waals surface area contributed by atoms with Crippen LogP contribution in [0.4, 0.5) is 8.78 Å². The first-order valence-electron chi connectivity index (χ1n) is 6.69. The summed E-state index contributed by atoms with van der Waals surface area (Å²) >= 11 is 0. The van der Waals surface area contributed by atoms with E-state index in [0.717, 1.165) is 16.8 Å². The van der Waals surface area contributed by atoms with Crippen LogP contribution in [0.5, 0.6) is 0 Å². The highest BCUT2D eigenvalue weighted by Gasteiger charge is 2.18. The molecule has 0 aromatic heterocycles. The fourth-order valence-corrected chi connectivity index (χ4v) is 2.55. The van der Waals surface area contributed by atoms with E-state index in [1.807, 2.05) is 36.4 Å². The lowest BCUT2D eigenvalue weighted by molar-refractivity contribution is 0.216. The summed E-state index contributed by atoms with van der Waals surface area (Å²) in [7, 11) is 0. The molecular weight excluding hydrogens is 270 g/mol. The van der Waals surface area contributed by atoms with Crippen molar-refractivity contribution >= 4 is 10.8 Å². The number of fused-ring (bicyclic) bond motifs is 1. The van der Waals surface area contributed by atoms with Crippen molar-refractivity contribution in [3.8, 4) is 0 Å². The Bertz CT molecular complexity index is 806. The third kappa shape index (κ3) is 2.41. The molecule has 0 fully saturated rings. The minimum Gasteiger partial charge on any atom is -0.384 e. The van der Waals surface area contributed by atoms with Crippen LogP contribution in [-0.4, -0.2) is 5.11 Å². The molecular formula is C18H14F2O. The Kier molecular flexibility index (Phi) is 3.43. The second-order valence-corrected chi connectivity index (χ2v) is 5.09. The molecule has 0 spiro atoms. The molecule has 21 heavy (non-hydrogen) atoms. The molecule has 106 valence electrons. The molecule has 0 saturated carbocycles. The van der Waals surface area contributed by atoms with E-state index in [2.05, 4.69) is 0 Å². The van der Waals surface area contributed by atoms with Crippen molar-refractivity contribution < 1.29 is 13.9 Å². The second kappa shape index (κ2) is 5.26. The van der Waals surface area contributed by atoms with Crippen LogP contribution in [0.3, 0.4) is 0 Å². The van der Waals surface area contributed by atoms with Gasteiger partial charge in [-0.1, -0.05) is 42.5 Å². The van der Waals surface area contributed by atoms with E-state index in [1.165, 1.54) is 6.07 Å². The number of aryl methyl sites for hydroxylation is 1. The molecule has 0 saturated heterocycles. The van der Waals surface area contributed by atoms with E-state index in [-0.39, 0.29) is 5.56 Å². The summed E-state index contributed by atoms with van der Waals surface area (Å²) < 4.78 is 27.3. The maximum Gasteiger partial charge on any atom is 0.132 e. The Morgan fingerprint density at radius 1 is 0.857 bits per heavy atom. The lowest BCUT2D eigenvalue weighted by Gasteiger charge is -2.16. The zero-order valence-electron chi connectivity index (χ0n) is 11.5. The van der Waals surface area contributed by atoms with E-state index in [4.69, 9.17) is 0 Å². The topological polar surface area (TPSA) is 20.2 Å². The Morgan fingerprint density at radius 2 is 1.57 bits per heavy atom. The van der Waals surface area contributed by atoms with Crippen LogP contribution in [0.1, 0.15) is 22.8 Å². The number of aliphatic hydroxyl groups excluding tert-OH is 1. The molecule has 3 aromatic rings. The highest BCUT2D eigenvalue weighted by molar-refractivity contribution is 5.86. The van der Waals surface area contributed by atoms with Gasteiger partial charge in [0.2, 0.25) is 0 Å². The van der Waals surface area contributed by atoms with E-state index in [0.29, 0.717) is 11.1 Å². The third-order valence-electron chi connectivity index (χ3n) is 3.69. The van der Waals surface area contributed by atoms with Gasteiger partial charge in [0.15, 0.2) is 0 Å². The molecule has 0 amide bonds. The van der Waals surface area contributed by atoms with Gasteiger partial charge in [-0.05, 0) is 34.9 Å². The number of hydrogen-bond acceptors (Lipinski definition) is 1. The average molecular weight is 284 g/mol. The molecule has 1 N–H and O–H groups in total. The molecule has 0 heterocycles. The van der Waals surface area contributed by atoms with Gasteiger partial charge in [0.1, 0.15) is 17.7 Å². The third-order valence-corrected chi connectivity index (χ3v) is 3.69. The molecule has 0 aliphatic heterocycles. The van der Waals surface area contributed by atoms with Gasteiger partial charge in [0.05, 0.1) is 0 Å². The van der Waals surface area contributed by atoms with Gasteiger partial charge in [-0.3, -0.25) is 0 Å². The van der Waals surface area contributed by atoms with Gasteiger partial charge >= 0.3 is 0 Å². The second-order valence-electron chi connectivity index (χ2n) is 5.09. The number of rotatable bonds is 2. The first-order chi connectivity index (χ1) is 10.1. The molecule has 1 nitrogen and oxygen atoms in total. The van der Waals surface area contributed by atoms with Gasteiger partial charge in [-0.15, -0.1) is 0 Å². The highest BCUT2D eigenvalue weighted by Crippen LogP contribution is 2.31.